The molecule has 0 aliphatic heterocycles. The van der Waals surface area contributed by atoms with Gasteiger partial charge in [-0.25, -0.2) is 4.79 Å². The Hall–Kier alpha value is -2.37. The van der Waals surface area contributed by atoms with Crippen molar-refractivity contribution >= 4 is 18.3 Å². The molecular formula is C16H22N2O4. The number of alkyl carbamates (subject to hydrolysis) is 1. The third-order valence-electron chi connectivity index (χ3n) is 2.60. The fourth-order valence-corrected chi connectivity index (χ4v) is 1.73. The molecule has 2 N–H and O–H groups in total. The lowest BCUT2D eigenvalue weighted by molar-refractivity contribution is -0.123. The van der Waals surface area contributed by atoms with Crippen LogP contribution in [0.1, 0.15) is 26.3 Å². The van der Waals surface area contributed by atoms with Crippen molar-refractivity contribution in [3.63, 3.8) is 0 Å². The van der Waals surface area contributed by atoms with E-state index in [1.54, 1.807) is 20.8 Å². The molecule has 0 aromatic heterocycles. The summed E-state index contributed by atoms with van der Waals surface area (Å²) in [5.41, 5.74) is 0.319. The molecule has 6 heteroatoms. The first kappa shape index (κ1) is 17.7. The Kier molecular flexibility index (Phi) is 6.56. The van der Waals surface area contributed by atoms with Crippen molar-refractivity contribution in [3.8, 4) is 0 Å². The first-order valence-corrected chi connectivity index (χ1v) is 7.05. The monoisotopic (exact) mass is 306 g/mol. The molecule has 0 fully saturated rings. The van der Waals surface area contributed by atoms with Gasteiger partial charge in [0.05, 0.1) is 6.04 Å². The Labute approximate surface area is 130 Å². The van der Waals surface area contributed by atoms with E-state index in [0.717, 1.165) is 5.56 Å². The summed E-state index contributed by atoms with van der Waals surface area (Å²) in [7, 11) is 0. The molecule has 1 atom stereocenters. The highest BCUT2D eigenvalue weighted by molar-refractivity contribution is 5.84. The number of benzene rings is 1. The Balaban J connectivity index is 2.39. The van der Waals surface area contributed by atoms with Gasteiger partial charge in [0.2, 0.25) is 5.91 Å². The summed E-state index contributed by atoms with van der Waals surface area (Å²) >= 11 is 0. The van der Waals surface area contributed by atoms with E-state index < -0.39 is 23.6 Å². The minimum absolute atomic E-state index is 0.242. The molecule has 1 rings (SSSR count). The van der Waals surface area contributed by atoms with Gasteiger partial charge in [-0.05, 0) is 32.8 Å². The third-order valence-corrected chi connectivity index (χ3v) is 2.60. The number of hydrogen-bond acceptors (Lipinski definition) is 4. The molecule has 0 aliphatic carbocycles. The summed E-state index contributed by atoms with van der Waals surface area (Å²) in [5.74, 6) is -0.445. The number of carbonyl (C=O) groups excluding carboxylic acids is 3. The van der Waals surface area contributed by atoms with E-state index in [-0.39, 0.29) is 6.54 Å². The van der Waals surface area contributed by atoms with Crippen LogP contribution in [-0.4, -0.2) is 36.5 Å². The normalized spacial score (nSPS) is 12.1. The second-order valence-corrected chi connectivity index (χ2v) is 5.86. The lowest BCUT2D eigenvalue weighted by Gasteiger charge is -2.20. The molecule has 0 aliphatic rings. The van der Waals surface area contributed by atoms with Crippen LogP contribution in [0.4, 0.5) is 4.79 Å². The van der Waals surface area contributed by atoms with E-state index in [0.29, 0.717) is 12.7 Å². The van der Waals surface area contributed by atoms with E-state index in [4.69, 9.17) is 4.74 Å². The van der Waals surface area contributed by atoms with Crippen LogP contribution in [-0.2, 0) is 20.7 Å². The minimum Gasteiger partial charge on any atom is -0.444 e. The summed E-state index contributed by atoms with van der Waals surface area (Å²) in [6, 6.07) is 8.73. The number of amides is 2. The number of nitrogens with one attached hydrogen (secondary N) is 2. The molecule has 0 spiro atoms. The number of ether oxygens (including phenoxy) is 1. The van der Waals surface area contributed by atoms with Gasteiger partial charge >= 0.3 is 6.09 Å². The van der Waals surface area contributed by atoms with Gasteiger partial charge in [-0.15, -0.1) is 0 Å². The van der Waals surface area contributed by atoms with Gasteiger partial charge in [0.15, 0.2) is 0 Å². The summed E-state index contributed by atoms with van der Waals surface area (Å²) in [4.78, 5) is 34.2. The maximum atomic E-state index is 11.7. The van der Waals surface area contributed by atoms with Crippen LogP contribution < -0.4 is 10.6 Å². The molecule has 0 heterocycles. The van der Waals surface area contributed by atoms with Gasteiger partial charge < -0.3 is 20.2 Å². The standard InChI is InChI=1S/C16H22N2O4/c1-16(2,3)22-15(21)17-10-14(20)18-13(11-19)9-12-7-5-4-6-8-12/h4-8,11,13H,9-10H2,1-3H3,(H,17,21)(H,18,20)/t13-/m0/s1. The number of hydrogen-bond donors (Lipinski definition) is 2. The van der Waals surface area contributed by atoms with Crippen LogP contribution in [0.2, 0.25) is 0 Å². The maximum absolute atomic E-state index is 11.7. The summed E-state index contributed by atoms with van der Waals surface area (Å²) < 4.78 is 5.02. The summed E-state index contributed by atoms with van der Waals surface area (Å²) in [6.45, 7) is 4.95. The van der Waals surface area contributed by atoms with Gasteiger partial charge in [0.1, 0.15) is 18.4 Å². The Morgan fingerprint density at radius 1 is 1.23 bits per heavy atom. The van der Waals surface area contributed by atoms with Crippen LogP contribution >= 0.6 is 0 Å². The highest BCUT2D eigenvalue weighted by Gasteiger charge is 2.17. The maximum Gasteiger partial charge on any atom is 0.408 e. The van der Waals surface area contributed by atoms with Gasteiger partial charge in [0, 0.05) is 0 Å². The molecule has 6 nitrogen and oxygen atoms in total. The van der Waals surface area contributed by atoms with Gasteiger partial charge in [0.25, 0.3) is 0 Å². The third kappa shape index (κ3) is 7.42. The predicted molar refractivity (Wildman–Crippen MR) is 82.4 cm³/mol. The first-order valence-electron chi connectivity index (χ1n) is 7.05. The van der Waals surface area contributed by atoms with E-state index in [1.165, 1.54) is 0 Å². The van der Waals surface area contributed by atoms with E-state index in [9.17, 15) is 14.4 Å². The van der Waals surface area contributed by atoms with Gasteiger partial charge in [-0.3, -0.25) is 4.79 Å². The predicted octanol–water partition coefficient (Wildman–Crippen LogP) is 1.44. The van der Waals surface area contributed by atoms with Crippen molar-refractivity contribution in [2.24, 2.45) is 0 Å². The van der Waals surface area contributed by atoms with Crippen molar-refractivity contribution in [2.45, 2.75) is 38.8 Å². The van der Waals surface area contributed by atoms with Crippen LogP contribution in [0.3, 0.4) is 0 Å². The zero-order chi connectivity index (χ0) is 16.6. The molecule has 120 valence electrons. The van der Waals surface area contributed by atoms with Gasteiger partial charge in [-0.1, -0.05) is 30.3 Å². The Bertz CT molecular complexity index is 509. The van der Waals surface area contributed by atoms with Crippen LogP contribution in [0, 0.1) is 0 Å². The molecule has 1 aromatic carbocycles. The van der Waals surface area contributed by atoms with Crippen LogP contribution in [0.15, 0.2) is 30.3 Å². The molecule has 2 amide bonds. The van der Waals surface area contributed by atoms with Crippen molar-refractivity contribution in [1.29, 1.82) is 0 Å². The highest BCUT2D eigenvalue weighted by atomic mass is 16.6. The van der Waals surface area contributed by atoms with E-state index >= 15 is 0 Å². The zero-order valence-corrected chi connectivity index (χ0v) is 13.1. The quantitative estimate of drug-likeness (QED) is 0.779. The molecule has 0 saturated carbocycles. The smallest absolute Gasteiger partial charge is 0.408 e. The lowest BCUT2D eigenvalue weighted by Crippen LogP contribution is -2.44. The number of carbonyl (C=O) groups is 3. The molecule has 0 saturated heterocycles. The lowest BCUT2D eigenvalue weighted by atomic mass is 10.1. The first-order chi connectivity index (χ1) is 10.3. The number of aldehydes is 1. The molecule has 22 heavy (non-hydrogen) atoms. The van der Waals surface area contributed by atoms with Crippen molar-refractivity contribution in [3.05, 3.63) is 35.9 Å². The van der Waals surface area contributed by atoms with Crippen molar-refractivity contribution < 1.29 is 19.1 Å². The minimum atomic E-state index is -0.673. The Morgan fingerprint density at radius 3 is 2.41 bits per heavy atom. The Morgan fingerprint density at radius 2 is 1.86 bits per heavy atom. The fraction of sp³-hybridized carbons (Fsp3) is 0.438. The topological polar surface area (TPSA) is 84.5 Å². The number of rotatable bonds is 6. The van der Waals surface area contributed by atoms with E-state index in [1.807, 2.05) is 30.3 Å². The highest BCUT2D eigenvalue weighted by Crippen LogP contribution is 2.06. The fourth-order valence-electron chi connectivity index (χ4n) is 1.73. The molecule has 0 bridgehead atoms. The van der Waals surface area contributed by atoms with Crippen molar-refractivity contribution in [1.82, 2.24) is 10.6 Å². The molecule has 0 unspecified atom stereocenters. The zero-order valence-electron chi connectivity index (χ0n) is 13.1. The van der Waals surface area contributed by atoms with Crippen LogP contribution in [0.5, 0.6) is 0 Å². The van der Waals surface area contributed by atoms with Gasteiger partial charge in [-0.2, -0.15) is 0 Å². The second-order valence-electron chi connectivity index (χ2n) is 5.86. The average Bonchev–Trinajstić information content (AvgIpc) is 2.44. The summed E-state index contributed by atoms with van der Waals surface area (Å²) in [5, 5.41) is 4.90. The summed E-state index contributed by atoms with van der Waals surface area (Å²) in [6.07, 6.45) is 0.411. The van der Waals surface area contributed by atoms with Crippen LogP contribution in [0.25, 0.3) is 0 Å². The molecule has 1 aromatic rings. The average molecular weight is 306 g/mol. The second kappa shape index (κ2) is 8.17. The van der Waals surface area contributed by atoms with Crippen molar-refractivity contribution in [2.75, 3.05) is 6.54 Å². The van der Waals surface area contributed by atoms with E-state index in [2.05, 4.69) is 10.6 Å². The molecular weight excluding hydrogens is 284 g/mol. The molecule has 0 radical (unpaired) electrons. The SMILES string of the molecule is CC(C)(C)OC(=O)NCC(=O)N[C@H](C=O)Cc1ccccc1. The largest absolute Gasteiger partial charge is 0.444 e.